The third-order valence-electron chi connectivity index (χ3n) is 3.72. The van der Waals surface area contributed by atoms with E-state index in [1.54, 1.807) is 0 Å². The molecule has 114 valence electrons. The lowest BCUT2D eigenvalue weighted by molar-refractivity contribution is 0.0489. The van der Waals surface area contributed by atoms with Gasteiger partial charge in [-0.2, -0.15) is 0 Å². The predicted octanol–water partition coefficient (Wildman–Crippen LogP) is 3.33. The van der Waals surface area contributed by atoms with Gasteiger partial charge in [-0.15, -0.1) is 0 Å². The molecule has 1 aromatic carbocycles. The summed E-state index contributed by atoms with van der Waals surface area (Å²) in [6.07, 6.45) is 1.61. The van der Waals surface area contributed by atoms with Crippen molar-refractivity contribution < 1.29 is 13.6 Å². The summed E-state index contributed by atoms with van der Waals surface area (Å²) in [4.78, 5) is 17.1. The zero-order chi connectivity index (χ0) is 15.7. The maximum Gasteiger partial charge on any atom is 0.275 e. The Balaban J connectivity index is 1.61. The van der Waals surface area contributed by atoms with Gasteiger partial charge in [0.2, 0.25) is 0 Å². The smallest absolute Gasteiger partial charge is 0.275 e. The zero-order valence-corrected chi connectivity index (χ0v) is 12.4. The third-order valence-corrected chi connectivity index (χ3v) is 4.09. The normalized spacial score (nSPS) is 14.8. The Kier molecular flexibility index (Phi) is 4.07. The van der Waals surface area contributed by atoms with Gasteiger partial charge in [0.15, 0.2) is 11.5 Å². The molecule has 1 aromatic heterocycles. The van der Waals surface area contributed by atoms with Crippen LogP contribution in [-0.2, 0) is 6.42 Å². The van der Waals surface area contributed by atoms with Gasteiger partial charge in [-0.25, -0.2) is 13.8 Å². The molecule has 0 N–H and O–H groups in total. The molecule has 1 fully saturated rings. The highest BCUT2D eigenvalue weighted by Gasteiger charge is 2.33. The van der Waals surface area contributed by atoms with E-state index in [1.807, 2.05) is 24.3 Å². The number of aromatic nitrogens is 1. The lowest BCUT2D eigenvalue weighted by atomic mass is 9.92. The summed E-state index contributed by atoms with van der Waals surface area (Å²) in [6.45, 7) is 1.03. The van der Waals surface area contributed by atoms with E-state index in [1.165, 1.54) is 4.90 Å². The van der Waals surface area contributed by atoms with Crippen molar-refractivity contribution in [1.29, 1.82) is 0 Å². The second kappa shape index (κ2) is 6.01. The van der Waals surface area contributed by atoms with Crippen LogP contribution in [0.4, 0.5) is 8.78 Å². The first kappa shape index (κ1) is 14.9. The second-order valence-electron chi connectivity index (χ2n) is 5.36. The number of carbonyl (C=O) groups excluding carboxylic acids is 1. The molecule has 6 heteroatoms. The van der Waals surface area contributed by atoms with E-state index in [-0.39, 0.29) is 11.6 Å². The molecule has 0 aliphatic carbocycles. The van der Waals surface area contributed by atoms with Crippen molar-refractivity contribution in [2.24, 2.45) is 5.92 Å². The van der Waals surface area contributed by atoms with E-state index in [4.69, 9.17) is 11.6 Å². The fraction of sp³-hybridized carbons (Fsp3) is 0.250. The van der Waals surface area contributed by atoms with E-state index in [9.17, 15) is 13.6 Å². The van der Waals surface area contributed by atoms with Crippen LogP contribution in [0.25, 0.3) is 0 Å². The number of pyridine rings is 1. The SMILES string of the molecule is O=C(c1ncc(F)cc1F)N1CC(Cc2ccccc2Cl)C1. The van der Waals surface area contributed by atoms with Gasteiger partial charge >= 0.3 is 0 Å². The lowest BCUT2D eigenvalue weighted by Crippen LogP contribution is -2.51. The molecule has 0 saturated carbocycles. The number of nitrogens with zero attached hydrogens (tertiary/aromatic N) is 2. The molecule has 1 aliphatic rings. The van der Waals surface area contributed by atoms with E-state index < -0.39 is 17.5 Å². The van der Waals surface area contributed by atoms with Crippen molar-refractivity contribution in [1.82, 2.24) is 9.88 Å². The van der Waals surface area contributed by atoms with Crippen molar-refractivity contribution in [2.75, 3.05) is 13.1 Å². The maximum atomic E-state index is 13.6. The highest BCUT2D eigenvalue weighted by Crippen LogP contribution is 2.26. The Labute approximate surface area is 131 Å². The Morgan fingerprint density at radius 3 is 2.73 bits per heavy atom. The highest BCUT2D eigenvalue weighted by atomic mass is 35.5. The average Bonchev–Trinajstić information content (AvgIpc) is 2.43. The number of amides is 1. The fourth-order valence-electron chi connectivity index (χ4n) is 2.56. The second-order valence-corrected chi connectivity index (χ2v) is 5.76. The number of halogens is 3. The molecule has 2 aromatic rings. The summed E-state index contributed by atoms with van der Waals surface area (Å²) in [5, 5.41) is 0.707. The summed E-state index contributed by atoms with van der Waals surface area (Å²) in [6, 6.07) is 8.23. The minimum Gasteiger partial charge on any atom is -0.337 e. The standard InChI is InChI=1S/C16H13ClF2N2O/c17-13-4-2-1-3-11(13)5-10-8-21(9-10)16(22)15-14(19)6-12(18)7-20-15/h1-4,6-7,10H,5,8-9H2. The van der Waals surface area contributed by atoms with Crippen LogP contribution in [0.15, 0.2) is 36.5 Å². The van der Waals surface area contributed by atoms with Crippen LogP contribution in [-0.4, -0.2) is 28.9 Å². The van der Waals surface area contributed by atoms with Gasteiger partial charge < -0.3 is 4.90 Å². The number of rotatable bonds is 3. The summed E-state index contributed by atoms with van der Waals surface area (Å²) >= 11 is 6.10. The zero-order valence-electron chi connectivity index (χ0n) is 11.6. The molecule has 2 heterocycles. The molecular formula is C16H13ClF2N2O. The highest BCUT2D eigenvalue weighted by molar-refractivity contribution is 6.31. The minimum absolute atomic E-state index is 0.285. The first-order valence-corrected chi connectivity index (χ1v) is 7.26. The first-order valence-electron chi connectivity index (χ1n) is 6.88. The van der Waals surface area contributed by atoms with Crippen LogP contribution in [0.1, 0.15) is 16.1 Å². The van der Waals surface area contributed by atoms with Crippen molar-refractivity contribution in [2.45, 2.75) is 6.42 Å². The topological polar surface area (TPSA) is 33.2 Å². The molecule has 3 nitrogen and oxygen atoms in total. The first-order chi connectivity index (χ1) is 10.5. The molecule has 0 unspecified atom stereocenters. The van der Waals surface area contributed by atoms with Crippen LogP contribution in [0, 0.1) is 17.6 Å². The van der Waals surface area contributed by atoms with Crippen molar-refractivity contribution in [3.8, 4) is 0 Å². The van der Waals surface area contributed by atoms with Crippen LogP contribution in [0.2, 0.25) is 5.02 Å². The monoisotopic (exact) mass is 322 g/mol. The maximum absolute atomic E-state index is 13.6. The van der Waals surface area contributed by atoms with Crippen LogP contribution in [0.5, 0.6) is 0 Å². The summed E-state index contributed by atoms with van der Waals surface area (Å²) in [5.74, 6) is -1.95. The molecule has 0 bridgehead atoms. The number of benzene rings is 1. The molecule has 1 saturated heterocycles. The molecule has 3 rings (SSSR count). The largest absolute Gasteiger partial charge is 0.337 e. The van der Waals surface area contributed by atoms with Gasteiger partial charge in [-0.1, -0.05) is 29.8 Å². The fourth-order valence-corrected chi connectivity index (χ4v) is 2.77. The molecule has 0 spiro atoms. The van der Waals surface area contributed by atoms with Crippen LogP contribution >= 0.6 is 11.6 Å². The Hall–Kier alpha value is -2.01. The molecular weight excluding hydrogens is 310 g/mol. The Morgan fingerprint density at radius 2 is 2.05 bits per heavy atom. The molecule has 22 heavy (non-hydrogen) atoms. The predicted molar refractivity (Wildman–Crippen MR) is 78.7 cm³/mol. The van der Waals surface area contributed by atoms with Gasteiger partial charge in [0.05, 0.1) is 6.20 Å². The Morgan fingerprint density at radius 1 is 1.32 bits per heavy atom. The van der Waals surface area contributed by atoms with Crippen molar-refractivity contribution in [3.05, 3.63) is 64.4 Å². The molecule has 1 aliphatic heterocycles. The van der Waals surface area contributed by atoms with E-state index in [0.29, 0.717) is 24.2 Å². The average molecular weight is 323 g/mol. The summed E-state index contributed by atoms with van der Waals surface area (Å²) in [5.41, 5.74) is 0.699. The van der Waals surface area contributed by atoms with Gasteiger partial charge in [0.25, 0.3) is 5.91 Å². The van der Waals surface area contributed by atoms with Crippen LogP contribution < -0.4 is 0 Å². The van der Waals surface area contributed by atoms with Gasteiger partial charge in [0, 0.05) is 24.2 Å². The summed E-state index contributed by atoms with van der Waals surface area (Å²) in [7, 11) is 0. The summed E-state index contributed by atoms with van der Waals surface area (Å²) < 4.78 is 26.4. The molecule has 0 atom stereocenters. The number of hydrogen-bond donors (Lipinski definition) is 0. The number of likely N-dealkylation sites (tertiary alicyclic amines) is 1. The molecule has 1 amide bonds. The van der Waals surface area contributed by atoms with Crippen molar-refractivity contribution >= 4 is 17.5 Å². The van der Waals surface area contributed by atoms with Gasteiger partial charge in [0.1, 0.15) is 5.82 Å². The van der Waals surface area contributed by atoms with Gasteiger partial charge in [-0.05, 0) is 24.0 Å². The van der Waals surface area contributed by atoms with E-state index >= 15 is 0 Å². The molecule has 0 radical (unpaired) electrons. The van der Waals surface area contributed by atoms with Crippen molar-refractivity contribution in [3.63, 3.8) is 0 Å². The quantitative estimate of drug-likeness (QED) is 0.868. The number of hydrogen-bond acceptors (Lipinski definition) is 2. The minimum atomic E-state index is -0.931. The van der Waals surface area contributed by atoms with E-state index in [0.717, 1.165) is 18.2 Å². The van der Waals surface area contributed by atoms with Crippen LogP contribution in [0.3, 0.4) is 0 Å². The lowest BCUT2D eigenvalue weighted by Gasteiger charge is -2.39. The van der Waals surface area contributed by atoms with Gasteiger partial charge in [-0.3, -0.25) is 4.79 Å². The third kappa shape index (κ3) is 2.95. The number of carbonyl (C=O) groups is 1. The Bertz CT molecular complexity index is 717. The van der Waals surface area contributed by atoms with E-state index in [2.05, 4.69) is 4.98 Å².